The van der Waals surface area contributed by atoms with Crippen molar-refractivity contribution in [2.24, 2.45) is 4.99 Å². The second-order valence-corrected chi connectivity index (χ2v) is 5.45. The Labute approximate surface area is 132 Å². The van der Waals surface area contributed by atoms with Gasteiger partial charge in [0.2, 0.25) is 0 Å². The quantitative estimate of drug-likeness (QED) is 0.624. The minimum atomic E-state index is 0.303. The van der Waals surface area contributed by atoms with Crippen molar-refractivity contribution in [3.63, 3.8) is 0 Å². The maximum atomic E-state index is 7.35. The van der Waals surface area contributed by atoms with Crippen molar-refractivity contribution in [3.05, 3.63) is 65.2 Å². The molecule has 0 spiro atoms. The molecule has 0 heterocycles. The van der Waals surface area contributed by atoms with Gasteiger partial charge in [-0.2, -0.15) is 0 Å². The van der Waals surface area contributed by atoms with Gasteiger partial charge in [-0.25, -0.2) is 4.99 Å². The SMILES string of the molecule is CCc1ccc(Cc2ccc(N/C(C)=N\C(C)=N)cc2)cc1. The highest BCUT2D eigenvalue weighted by Crippen LogP contribution is 2.14. The minimum Gasteiger partial charge on any atom is -0.344 e. The Morgan fingerprint density at radius 2 is 1.41 bits per heavy atom. The molecule has 0 aliphatic carbocycles. The van der Waals surface area contributed by atoms with Crippen LogP contribution in [0.2, 0.25) is 0 Å². The van der Waals surface area contributed by atoms with Crippen LogP contribution in [0.25, 0.3) is 0 Å². The van der Waals surface area contributed by atoms with E-state index >= 15 is 0 Å². The van der Waals surface area contributed by atoms with E-state index in [1.807, 2.05) is 19.1 Å². The standard InChI is InChI=1S/C19H23N3/c1-4-16-5-7-17(8-6-16)13-18-9-11-19(12-10-18)22-15(3)21-14(2)20/h5-12H,4,13H2,1-3H3,(H2,20,21,22). The number of nitrogens with one attached hydrogen (secondary N) is 2. The van der Waals surface area contributed by atoms with Gasteiger partial charge in [0.1, 0.15) is 11.7 Å². The van der Waals surface area contributed by atoms with E-state index in [1.54, 1.807) is 6.92 Å². The van der Waals surface area contributed by atoms with E-state index in [-0.39, 0.29) is 0 Å². The van der Waals surface area contributed by atoms with Gasteiger partial charge >= 0.3 is 0 Å². The summed E-state index contributed by atoms with van der Waals surface area (Å²) in [6, 6.07) is 17.2. The molecule has 0 aromatic heterocycles. The van der Waals surface area contributed by atoms with Gasteiger partial charge in [0.05, 0.1) is 0 Å². The molecule has 0 aliphatic rings. The van der Waals surface area contributed by atoms with Crippen LogP contribution in [-0.4, -0.2) is 11.7 Å². The third kappa shape index (κ3) is 4.85. The number of aryl methyl sites for hydroxylation is 1. The van der Waals surface area contributed by atoms with Gasteiger partial charge in [-0.3, -0.25) is 5.41 Å². The van der Waals surface area contributed by atoms with Crippen molar-refractivity contribution in [2.45, 2.75) is 33.6 Å². The normalized spacial score (nSPS) is 11.3. The molecule has 0 unspecified atom stereocenters. The van der Waals surface area contributed by atoms with Gasteiger partial charge in [0.25, 0.3) is 0 Å². The molecular formula is C19H23N3. The third-order valence-corrected chi connectivity index (χ3v) is 3.45. The lowest BCUT2D eigenvalue weighted by Crippen LogP contribution is -2.08. The first-order valence-corrected chi connectivity index (χ1v) is 7.61. The van der Waals surface area contributed by atoms with E-state index in [0.29, 0.717) is 5.84 Å². The van der Waals surface area contributed by atoms with Crippen molar-refractivity contribution >= 4 is 17.4 Å². The summed E-state index contributed by atoms with van der Waals surface area (Å²) in [5.41, 5.74) is 4.98. The smallest absolute Gasteiger partial charge is 0.119 e. The summed E-state index contributed by atoms with van der Waals surface area (Å²) >= 11 is 0. The van der Waals surface area contributed by atoms with E-state index in [1.165, 1.54) is 16.7 Å². The Morgan fingerprint density at radius 3 is 1.91 bits per heavy atom. The highest BCUT2D eigenvalue weighted by atomic mass is 15.0. The Morgan fingerprint density at radius 1 is 0.909 bits per heavy atom. The average molecular weight is 293 g/mol. The van der Waals surface area contributed by atoms with Gasteiger partial charge < -0.3 is 5.32 Å². The van der Waals surface area contributed by atoms with Crippen molar-refractivity contribution in [1.29, 1.82) is 5.41 Å². The number of hydrogen-bond donors (Lipinski definition) is 2. The van der Waals surface area contributed by atoms with E-state index in [0.717, 1.165) is 24.4 Å². The van der Waals surface area contributed by atoms with Gasteiger partial charge in [0, 0.05) is 5.69 Å². The molecule has 0 radical (unpaired) electrons. The molecule has 0 bridgehead atoms. The molecule has 114 valence electrons. The van der Waals surface area contributed by atoms with E-state index in [4.69, 9.17) is 5.41 Å². The number of rotatable bonds is 4. The first-order valence-electron chi connectivity index (χ1n) is 7.61. The van der Waals surface area contributed by atoms with Crippen LogP contribution in [0.1, 0.15) is 37.5 Å². The van der Waals surface area contributed by atoms with E-state index < -0.39 is 0 Å². The molecule has 0 saturated heterocycles. The molecule has 0 aliphatic heterocycles. The summed E-state index contributed by atoms with van der Waals surface area (Å²) < 4.78 is 0. The van der Waals surface area contributed by atoms with E-state index in [9.17, 15) is 0 Å². The van der Waals surface area contributed by atoms with Gasteiger partial charge in [0.15, 0.2) is 0 Å². The predicted molar refractivity (Wildman–Crippen MR) is 95.2 cm³/mol. The second kappa shape index (κ2) is 7.55. The number of aliphatic imine (C=N–C) groups is 1. The largest absolute Gasteiger partial charge is 0.344 e. The Bertz CT molecular complexity index is 652. The molecule has 3 nitrogen and oxygen atoms in total. The van der Waals surface area contributed by atoms with Crippen LogP contribution >= 0.6 is 0 Å². The zero-order valence-corrected chi connectivity index (χ0v) is 13.5. The number of nitrogens with zero attached hydrogens (tertiary/aromatic N) is 1. The van der Waals surface area contributed by atoms with E-state index in [2.05, 4.69) is 53.6 Å². The number of amidine groups is 2. The van der Waals surface area contributed by atoms with Gasteiger partial charge in [-0.1, -0.05) is 43.3 Å². The molecule has 0 amide bonds. The van der Waals surface area contributed by atoms with Crippen molar-refractivity contribution < 1.29 is 0 Å². The molecule has 2 aromatic carbocycles. The summed E-state index contributed by atoms with van der Waals surface area (Å²) in [5, 5.41) is 10.5. The van der Waals surface area contributed by atoms with Crippen molar-refractivity contribution in [1.82, 2.24) is 0 Å². The fourth-order valence-corrected chi connectivity index (χ4v) is 2.32. The summed E-state index contributed by atoms with van der Waals surface area (Å²) in [6.07, 6.45) is 2.02. The zero-order chi connectivity index (χ0) is 15.9. The fraction of sp³-hybridized carbons (Fsp3) is 0.263. The van der Waals surface area contributed by atoms with Crippen LogP contribution in [-0.2, 0) is 12.8 Å². The number of benzene rings is 2. The number of anilines is 1. The van der Waals surface area contributed by atoms with Crippen LogP contribution in [0.3, 0.4) is 0 Å². The molecule has 2 rings (SSSR count). The lowest BCUT2D eigenvalue weighted by atomic mass is 10.0. The molecule has 22 heavy (non-hydrogen) atoms. The molecule has 0 saturated carbocycles. The fourth-order valence-electron chi connectivity index (χ4n) is 2.32. The molecule has 2 N–H and O–H groups in total. The summed E-state index contributed by atoms with van der Waals surface area (Å²) in [7, 11) is 0. The molecule has 2 aromatic rings. The molecule has 3 heteroatoms. The molecule has 0 fully saturated rings. The lowest BCUT2D eigenvalue weighted by Gasteiger charge is -2.07. The highest BCUT2D eigenvalue weighted by Gasteiger charge is 1.99. The Kier molecular flexibility index (Phi) is 5.48. The van der Waals surface area contributed by atoms with Gasteiger partial charge in [-0.15, -0.1) is 0 Å². The van der Waals surface area contributed by atoms with Crippen molar-refractivity contribution in [3.8, 4) is 0 Å². The number of hydrogen-bond acceptors (Lipinski definition) is 1. The zero-order valence-electron chi connectivity index (χ0n) is 13.5. The maximum absolute atomic E-state index is 7.35. The first kappa shape index (κ1) is 16.0. The highest BCUT2D eigenvalue weighted by molar-refractivity contribution is 6.00. The monoisotopic (exact) mass is 293 g/mol. The third-order valence-electron chi connectivity index (χ3n) is 3.45. The Hall–Kier alpha value is -2.42. The Balaban J connectivity index is 2.00. The molecular weight excluding hydrogens is 270 g/mol. The predicted octanol–water partition coefficient (Wildman–Crippen LogP) is 4.67. The second-order valence-electron chi connectivity index (χ2n) is 5.45. The minimum absolute atomic E-state index is 0.303. The average Bonchev–Trinajstić information content (AvgIpc) is 2.49. The van der Waals surface area contributed by atoms with Crippen LogP contribution in [0.15, 0.2) is 53.5 Å². The van der Waals surface area contributed by atoms with Crippen LogP contribution < -0.4 is 5.32 Å². The van der Waals surface area contributed by atoms with Crippen molar-refractivity contribution in [2.75, 3.05) is 5.32 Å². The van der Waals surface area contributed by atoms with Crippen LogP contribution in [0, 0.1) is 5.41 Å². The topological polar surface area (TPSA) is 48.2 Å². The summed E-state index contributed by atoms with van der Waals surface area (Å²) in [5.74, 6) is 1.03. The summed E-state index contributed by atoms with van der Waals surface area (Å²) in [6.45, 7) is 5.70. The van der Waals surface area contributed by atoms with Crippen LogP contribution in [0.4, 0.5) is 5.69 Å². The molecule has 0 atom stereocenters. The van der Waals surface area contributed by atoms with Crippen LogP contribution in [0.5, 0.6) is 0 Å². The van der Waals surface area contributed by atoms with Gasteiger partial charge in [-0.05, 0) is 55.5 Å². The maximum Gasteiger partial charge on any atom is 0.119 e. The first-order chi connectivity index (χ1) is 10.6. The lowest BCUT2D eigenvalue weighted by molar-refractivity contribution is 1.12. The summed E-state index contributed by atoms with van der Waals surface area (Å²) in [4.78, 5) is 4.07.